The van der Waals surface area contributed by atoms with Gasteiger partial charge in [-0.15, -0.1) is 0 Å². The number of aliphatic hydroxyl groups is 1. The van der Waals surface area contributed by atoms with Crippen molar-refractivity contribution in [3.8, 4) is 0 Å². The van der Waals surface area contributed by atoms with Crippen molar-refractivity contribution in [3.05, 3.63) is 18.1 Å². The Bertz CT molecular complexity index is 468. The van der Waals surface area contributed by atoms with Gasteiger partial charge in [-0.3, -0.25) is 10.3 Å². The van der Waals surface area contributed by atoms with Crippen LogP contribution in [0.1, 0.15) is 51.6 Å². The zero-order valence-electron chi connectivity index (χ0n) is 12.1. The molecule has 110 valence electrons. The van der Waals surface area contributed by atoms with E-state index >= 15 is 0 Å². The monoisotopic (exact) mass is 279 g/mol. The lowest BCUT2D eigenvalue weighted by atomic mass is 10.0. The van der Waals surface area contributed by atoms with Crippen molar-refractivity contribution in [2.45, 2.75) is 57.7 Å². The van der Waals surface area contributed by atoms with Crippen LogP contribution in [-0.2, 0) is 4.74 Å². The standard InChI is InChI=1S/C14H21N3O3/c1-14(2,3)20-13(19)17-12-8-15-11(7-16-12)9-4-5-10(18)6-9/h7-10,18H,4-6H2,1-3H3,(H,16,17,19). The van der Waals surface area contributed by atoms with Gasteiger partial charge in [-0.2, -0.15) is 0 Å². The molecule has 2 N–H and O–H groups in total. The zero-order valence-corrected chi connectivity index (χ0v) is 12.1. The highest BCUT2D eigenvalue weighted by atomic mass is 16.6. The minimum Gasteiger partial charge on any atom is -0.444 e. The number of amides is 1. The molecule has 1 aliphatic rings. The van der Waals surface area contributed by atoms with Crippen LogP contribution >= 0.6 is 0 Å². The first-order valence-electron chi connectivity index (χ1n) is 6.83. The van der Waals surface area contributed by atoms with E-state index in [2.05, 4.69) is 15.3 Å². The number of nitrogens with one attached hydrogen (secondary N) is 1. The predicted molar refractivity (Wildman–Crippen MR) is 74.5 cm³/mol. The first-order valence-corrected chi connectivity index (χ1v) is 6.83. The van der Waals surface area contributed by atoms with Gasteiger partial charge in [-0.1, -0.05) is 0 Å². The lowest BCUT2D eigenvalue weighted by molar-refractivity contribution is 0.0635. The van der Waals surface area contributed by atoms with Crippen LogP contribution in [0.5, 0.6) is 0 Å². The van der Waals surface area contributed by atoms with Crippen molar-refractivity contribution in [2.75, 3.05) is 5.32 Å². The summed E-state index contributed by atoms with van der Waals surface area (Å²) in [5, 5.41) is 12.1. The van der Waals surface area contributed by atoms with Crippen LogP contribution in [0.25, 0.3) is 0 Å². The summed E-state index contributed by atoms with van der Waals surface area (Å²) in [6.07, 6.45) is 4.85. The van der Waals surface area contributed by atoms with Crippen molar-refractivity contribution in [2.24, 2.45) is 0 Å². The summed E-state index contributed by atoms with van der Waals surface area (Å²) < 4.78 is 5.13. The van der Waals surface area contributed by atoms with Gasteiger partial charge in [-0.25, -0.2) is 9.78 Å². The smallest absolute Gasteiger partial charge is 0.413 e. The first kappa shape index (κ1) is 14.7. The van der Waals surface area contributed by atoms with Gasteiger partial charge in [0, 0.05) is 5.92 Å². The van der Waals surface area contributed by atoms with Gasteiger partial charge in [0.15, 0.2) is 5.82 Å². The summed E-state index contributed by atoms with van der Waals surface area (Å²) >= 11 is 0. The lowest BCUT2D eigenvalue weighted by Gasteiger charge is -2.19. The number of nitrogens with zero attached hydrogens (tertiary/aromatic N) is 2. The van der Waals surface area contributed by atoms with Crippen LogP contribution in [0, 0.1) is 0 Å². The highest BCUT2D eigenvalue weighted by Crippen LogP contribution is 2.33. The summed E-state index contributed by atoms with van der Waals surface area (Å²) in [4.78, 5) is 20.0. The summed E-state index contributed by atoms with van der Waals surface area (Å²) in [6.45, 7) is 5.40. The van der Waals surface area contributed by atoms with Crippen LogP contribution in [0.2, 0.25) is 0 Å². The summed E-state index contributed by atoms with van der Waals surface area (Å²) in [5.41, 5.74) is 0.313. The second kappa shape index (κ2) is 5.75. The van der Waals surface area contributed by atoms with Crippen molar-refractivity contribution in [3.63, 3.8) is 0 Å². The van der Waals surface area contributed by atoms with Crippen LogP contribution in [0.15, 0.2) is 12.4 Å². The largest absolute Gasteiger partial charge is 0.444 e. The Morgan fingerprint density at radius 1 is 1.35 bits per heavy atom. The van der Waals surface area contributed by atoms with Crippen molar-refractivity contribution >= 4 is 11.9 Å². The zero-order chi connectivity index (χ0) is 14.8. The molecular weight excluding hydrogens is 258 g/mol. The second-order valence-electron chi connectivity index (χ2n) is 6.12. The molecule has 1 amide bonds. The number of carbonyl (C=O) groups is 1. The molecule has 6 nitrogen and oxygen atoms in total. The normalized spacial score (nSPS) is 22.6. The summed E-state index contributed by atoms with van der Waals surface area (Å²) in [5.74, 6) is 0.620. The van der Waals surface area contributed by atoms with Crippen LogP contribution in [-0.4, -0.2) is 32.9 Å². The molecule has 1 aromatic rings. The summed E-state index contributed by atoms with van der Waals surface area (Å²) in [6, 6.07) is 0. The molecule has 1 aromatic heterocycles. The maximum absolute atomic E-state index is 11.6. The van der Waals surface area contributed by atoms with E-state index in [1.807, 2.05) is 0 Å². The van der Waals surface area contributed by atoms with Crippen molar-refractivity contribution in [1.29, 1.82) is 0 Å². The molecule has 6 heteroatoms. The van der Waals surface area contributed by atoms with Gasteiger partial charge in [0.2, 0.25) is 0 Å². The number of hydrogen-bond donors (Lipinski definition) is 2. The van der Waals surface area contributed by atoms with Crippen molar-refractivity contribution in [1.82, 2.24) is 9.97 Å². The number of ether oxygens (including phenoxy) is 1. The average molecular weight is 279 g/mol. The molecule has 0 aliphatic heterocycles. The van der Waals surface area contributed by atoms with E-state index in [4.69, 9.17) is 4.74 Å². The predicted octanol–water partition coefficient (Wildman–Crippen LogP) is 2.45. The number of anilines is 1. The molecule has 0 radical (unpaired) electrons. The lowest BCUT2D eigenvalue weighted by Crippen LogP contribution is -2.27. The number of carbonyl (C=O) groups excluding carboxylic acids is 1. The van der Waals surface area contributed by atoms with Gasteiger partial charge in [0.1, 0.15) is 5.60 Å². The minimum absolute atomic E-state index is 0.235. The Morgan fingerprint density at radius 3 is 2.60 bits per heavy atom. The van der Waals surface area contributed by atoms with Crippen LogP contribution in [0.4, 0.5) is 10.6 Å². The first-order chi connectivity index (χ1) is 9.33. The van der Waals surface area contributed by atoms with E-state index in [1.165, 1.54) is 6.20 Å². The molecule has 0 aromatic carbocycles. The molecule has 2 unspecified atom stereocenters. The molecule has 0 saturated heterocycles. The van der Waals surface area contributed by atoms with Gasteiger partial charge >= 0.3 is 6.09 Å². The molecule has 2 atom stereocenters. The molecule has 2 rings (SSSR count). The highest BCUT2D eigenvalue weighted by molar-refractivity contribution is 5.83. The quantitative estimate of drug-likeness (QED) is 0.868. The fourth-order valence-corrected chi connectivity index (χ4v) is 2.25. The number of hydrogen-bond acceptors (Lipinski definition) is 5. The molecule has 0 spiro atoms. The number of aromatic nitrogens is 2. The third-order valence-corrected chi connectivity index (χ3v) is 3.12. The maximum atomic E-state index is 11.6. The SMILES string of the molecule is CC(C)(C)OC(=O)Nc1cnc(C2CCC(O)C2)cn1. The molecular formula is C14H21N3O3. The van der Waals surface area contributed by atoms with Gasteiger partial charge < -0.3 is 9.84 Å². The third-order valence-electron chi connectivity index (χ3n) is 3.12. The van der Waals surface area contributed by atoms with E-state index in [-0.39, 0.29) is 12.0 Å². The fourth-order valence-electron chi connectivity index (χ4n) is 2.25. The van der Waals surface area contributed by atoms with Gasteiger partial charge in [0.25, 0.3) is 0 Å². The molecule has 20 heavy (non-hydrogen) atoms. The Labute approximate surface area is 118 Å². The fraction of sp³-hybridized carbons (Fsp3) is 0.643. The Hall–Kier alpha value is -1.69. The minimum atomic E-state index is -0.546. The molecule has 1 aliphatic carbocycles. The Kier molecular flexibility index (Phi) is 4.23. The number of rotatable bonds is 2. The summed E-state index contributed by atoms with van der Waals surface area (Å²) in [7, 11) is 0. The van der Waals surface area contributed by atoms with Gasteiger partial charge in [-0.05, 0) is 40.0 Å². The van der Waals surface area contributed by atoms with E-state index in [1.54, 1.807) is 27.0 Å². The topological polar surface area (TPSA) is 84.3 Å². The van der Waals surface area contributed by atoms with Crippen LogP contribution < -0.4 is 5.32 Å². The van der Waals surface area contributed by atoms with E-state index in [0.29, 0.717) is 5.82 Å². The molecule has 1 heterocycles. The van der Waals surface area contributed by atoms with Crippen molar-refractivity contribution < 1.29 is 14.6 Å². The molecule has 1 fully saturated rings. The molecule has 0 bridgehead atoms. The molecule has 1 saturated carbocycles. The highest BCUT2D eigenvalue weighted by Gasteiger charge is 2.25. The number of aliphatic hydroxyl groups excluding tert-OH is 1. The Morgan fingerprint density at radius 2 is 2.10 bits per heavy atom. The van der Waals surface area contributed by atoms with Gasteiger partial charge in [0.05, 0.1) is 24.2 Å². The van der Waals surface area contributed by atoms with E-state index in [9.17, 15) is 9.90 Å². The Balaban J connectivity index is 1.93. The van der Waals surface area contributed by atoms with Crippen LogP contribution in [0.3, 0.4) is 0 Å². The van der Waals surface area contributed by atoms with E-state index < -0.39 is 11.7 Å². The second-order valence-corrected chi connectivity index (χ2v) is 6.12. The average Bonchev–Trinajstić information content (AvgIpc) is 2.74. The maximum Gasteiger partial charge on any atom is 0.413 e. The third kappa shape index (κ3) is 4.16. The van der Waals surface area contributed by atoms with E-state index in [0.717, 1.165) is 25.0 Å².